The first-order valence-electron chi connectivity index (χ1n) is 13.8. The second-order valence-corrected chi connectivity index (χ2v) is 12.6. The van der Waals surface area contributed by atoms with Crippen molar-refractivity contribution in [3.05, 3.63) is 60.4 Å². The molecule has 43 heavy (non-hydrogen) atoms. The van der Waals surface area contributed by atoms with Crippen molar-refractivity contribution in [2.45, 2.75) is 31.8 Å². The van der Waals surface area contributed by atoms with E-state index in [0.29, 0.717) is 39.2 Å². The van der Waals surface area contributed by atoms with E-state index in [2.05, 4.69) is 25.3 Å². The van der Waals surface area contributed by atoms with Crippen molar-refractivity contribution < 1.29 is 28.6 Å². The first kappa shape index (κ1) is 30.4. The molecule has 0 spiro atoms. The normalized spacial score (nSPS) is 15.4. The first-order chi connectivity index (χ1) is 20.8. The average Bonchev–Trinajstić information content (AvgIpc) is 3.61. The summed E-state index contributed by atoms with van der Waals surface area (Å²) in [6.07, 6.45) is 5.79. The number of fused-ring (bicyclic) bond motifs is 1. The molecule has 3 heterocycles. The number of rotatable bonds is 14. The van der Waals surface area contributed by atoms with E-state index in [1.54, 1.807) is 31.4 Å². The molecule has 225 valence electrons. The van der Waals surface area contributed by atoms with Crippen LogP contribution in [0.2, 0.25) is 0 Å². The molecule has 4 N–H and O–H groups in total. The molecule has 5 rings (SSSR count). The van der Waals surface area contributed by atoms with E-state index in [9.17, 15) is 19.1 Å². The van der Waals surface area contributed by atoms with Crippen molar-refractivity contribution in [2.75, 3.05) is 38.7 Å². The minimum absolute atomic E-state index is 0.0603. The number of aliphatic hydroxyl groups excluding tert-OH is 1. The van der Waals surface area contributed by atoms with Gasteiger partial charge in [0.25, 0.3) is 0 Å². The number of nitrogens with two attached hydrogens (primary N) is 1. The number of primary amides is 1. The monoisotopic (exact) mass is 652 g/mol. The fourth-order valence-corrected chi connectivity index (χ4v) is 6.84. The zero-order valence-electron chi connectivity index (χ0n) is 23.6. The van der Waals surface area contributed by atoms with Gasteiger partial charge in [-0.3, -0.25) is 4.90 Å². The van der Waals surface area contributed by atoms with Crippen molar-refractivity contribution in [1.82, 2.24) is 24.6 Å². The quantitative estimate of drug-likeness (QED) is 0.135. The van der Waals surface area contributed by atoms with Crippen LogP contribution in [0.4, 0.5) is 15.9 Å². The maximum absolute atomic E-state index is 13.5. The Hall–Kier alpha value is -4.06. The minimum atomic E-state index is -0.957. The van der Waals surface area contributed by atoms with Gasteiger partial charge >= 0.3 is 193 Å². The number of carbonyl (C=O) groups is 2. The number of carbonyl (C=O) groups excluding carboxylic acids is 2. The SMILES string of the molecule is COc1cc2c(Nc3cn(CC(=O)[As]c4cccc(F)c4)nc3C(N)=O)ncnc2cc1OCCCN1CCC[C@H]1CO. The molecule has 0 bridgehead atoms. The first-order valence-corrected chi connectivity index (χ1v) is 15.7. The van der Waals surface area contributed by atoms with Crippen LogP contribution in [0.15, 0.2) is 48.9 Å². The number of anilines is 2. The molecule has 1 saturated heterocycles. The summed E-state index contributed by atoms with van der Waals surface area (Å²) in [4.78, 5) is 35.9. The Labute approximate surface area is 254 Å². The van der Waals surface area contributed by atoms with E-state index in [4.69, 9.17) is 15.2 Å². The van der Waals surface area contributed by atoms with Crippen LogP contribution in [0.3, 0.4) is 0 Å². The van der Waals surface area contributed by atoms with Gasteiger partial charge in [-0.05, 0) is 25.8 Å². The van der Waals surface area contributed by atoms with E-state index >= 15 is 0 Å². The number of aliphatic hydroxyl groups is 1. The number of nitrogens with one attached hydrogen (secondary N) is 1. The van der Waals surface area contributed by atoms with Gasteiger partial charge < -0.3 is 5.11 Å². The van der Waals surface area contributed by atoms with Crippen LogP contribution < -0.4 is 24.9 Å². The second kappa shape index (κ2) is 13.9. The van der Waals surface area contributed by atoms with Crippen molar-refractivity contribution in [3.8, 4) is 11.5 Å². The summed E-state index contributed by atoms with van der Waals surface area (Å²) in [5.41, 5.74) is 6.37. The Morgan fingerprint density at radius 3 is 2.86 bits per heavy atom. The molecule has 2 aromatic carbocycles. The molecule has 0 saturated carbocycles. The second-order valence-electron chi connectivity index (χ2n) is 10.0. The molecule has 1 fully saturated rings. The number of nitrogens with zero attached hydrogens (tertiary/aromatic N) is 5. The van der Waals surface area contributed by atoms with Gasteiger partial charge in [0.1, 0.15) is 0 Å². The number of ether oxygens (including phenoxy) is 2. The molecule has 12 nitrogen and oxygen atoms in total. The summed E-state index contributed by atoms with van der Waals surface area (Å²) in [6.45, 7) is 2.36. The van der Waals surface area contributed by atoms with E-state index < -0.39 is 27.5 Å². The molecule has 1 aliphatic heterocycles. The smallest absolute Gasteiger partial charge is 0.395 e. The topological polar surface area (TPSA) is 158 Å². The summed E-state index contributed by atoms with van der Waals surface area (Å²) < 4.78 is 27.0. The van der Waals surface area contributed by atoms with Crippen LogP contribution in [-0.4, -0.2) is 95.4 Å². The zero-order valence-corrected chi connectivity index (χ0v) is 25.4. The number of amides is 1. The third-order valence-electron chi connectivity index (χ3n) is 7.09. The van der Waals surface area contributed by atoms with Crippen LogP contribution in [0.5, 0.6) is 11.5 Å². The summed E-state index contributed by atoms with van der Waals surface area (Å²) in [7, 11) is 1.54. The predicted octanol–water partition coefficient (Wildman–Crippen LogP) is 1.60. The van der Waals surface area contributed by atoms with Gasteiger partial charge in [-0.2, -0.15) is 0 Å². The van der Waals surface area contributed by atoms with Crippen LogP contribution in [0.25, 0.3) is 10.9 Å². The third kappa shape index (κ3) is 7.48. The van der Waals surface area contributed by atoms with Crippen LogP contribution in [0, 0.1) is 5.82 Å². The molecule has 0 aliphatic carbocycles. The Kier molecular flexibility index (Phi) is 9.85. The number of halogens is 1. The number of hydrogen-bond acceptors (Lipinski definition) is 10. The molecular weight excluding hydrogens is 620 g/mol. The molecule has 2 aromatic heterocycles. The van der Waals surface area contributed by atoms with E-state index in [1.807, 2.05) is 0 Å². The number of hydrogen-bond donors (Lipinski definition) is 3. The van der Waals surface area contributed by atoms with Gasteiger partial charge in [-0.25, -0.2) is 0 Å². The van der Waals surface area contributed by atoms with Crippen molar-refractivity contribution in [3.63, 3.8) is 0 Å². The Bertz CT molecular complexity index is 1620. The van der Waals surface area contributed by atoms with Gasteiger partial charge in [0.05, 0.1) is 13.2 Å². The molecule has 1 amide bonds. The molecule has 0 unspecified atom stereocenters. The summed E-state index contributed by atoms with van der Waals surface area (Å²) in [5, 5.41) is 17.4. The Morgan fingerprint density at radius 2 is 2.09 bits per heavy atom. The predicted molar refractivity (Wildman–Crippen MR) is 159 cm³/mol. The number of benzene rings is 2. The van der Waals surface area contributed by atoms with Crippen molar-refractivity contribution in [2.24, 2.45) is 5.73 Å². The van der Waals surface area contributed by atoms with Crippen LogP contribution >= 0.6 is 0 Å². The zero-order chi connectivity index (χ0) is 30.3. The molecular formula is C29H32AsFN7O5. The van der Waals surface area contributed by atoms with E-state index in [-0.39, 0.29) is 35.1 Å². The summed E-state index contributed by atoms with van der Waals surface area (Å²) >= 11 is -0.957. The minimum Gasteiger partial charge on any atom is -0.395 e. The molecule has 4 aromatic rings. The van der Waals surface area contributed by atoms with Gasteiger partial charge in [-0.1, -0.05) is 0 Å². The van der Waals surface area contributed by atoms with Crippen molar-refractivity contribution >= 4 is 53.0 Å². The fourth-order valence-electron chi connectivity index (χ4n) is 5.05. The summed E-state index contributed by atoms with van der Waals surface area (Å²) in [6, 6.07) is 9.67. The number of methoxy groups -OCH3 is 1. The van der Waals surface area contributed by atoms with Gasteiger partial charge in [0, 0.05) is 12.6 Å². The number of likely N-dealkylation sites (tertiary alicyclic amines) is 1. The molecule has 14 heteroatoms. The molecule has 1 radical (unpaired) electrons. The maximum atomic E-state index is 13.5. The average molecular weight is 653 g/mol. The Morgan fingerprint density at radius 1 is 1.23 bits per heavy atom. The van der Waals surface area contributed by atoms with Gasteiger partial charge in [0.15, 0.2) is 0 Å². The van der Waals surface area contributed by atoms with Crippen LogP contribution in [-0.2, 0) is 11.3 Å². The van der Waals surface area contributed by atoms with Crippen LogP contribution in [0.1, 0.15) is 29.8 Å². The van der Waals surface area contributed by atoms with Gasteiger partial charge in [0.2, 0.25) is 0 Å². The van der Waals surface area contributed by atoms with E-state index in [0.717, 1.165) is 32.4 Å². The number of aromatic nitrogens is 4. The van der Waals surface area contributed by atoms with Crippen molar-refractivity contribution in [1.29, 1.82) is 0 Å². The van der Waals surface area contributed by atoms with Gasteiger partial charge in [-0.15, -0.1) is 0 Å². The van der Waals surface area contributed by atoms with E-state index in [1.165, 1.54) is 29.3 Å². The molecule has 1 aliphatic rings. The Balaban J connectivity index is 1.30. The standard InChI is InChI=1S/C29H32AsFN7O5/c1-42-24-12-21-22(13-25(24)43-10-4-9-37-8-3-7-20(37)16-39)33-17-34-29(21)35-23-14-38(36-27(23)28(32)41)15-26(40)30-18-5-2-6-19(31)11-18/h2,5-6,11-14,17,20,39H,3-4,7-10,15-16H2,1H3,(H2,32,41)(H,33,34,35)/t20-/m0/s1. The third-order valence-corrected chi connectivity index (χ3v) is 9.03. The summed E-state index contributed by atoms with van der Waals surface area (Å²) in [5.74, 6) is 0.210. The molecule has 1 atom stereocenters. The fraction of sp³-hybridized carbons (Fsp3) is 0.345.